The van der Waals surface area contributed by atoms with E-state index in [1.54, 1.807) is 0 Å². The quantitative estimate of drug-likeness (QED) is 0.853. The molecule has 0 radical (unpaired) electrons. The van der Waals surface area contributed by atoms with Crippen LogP contribution in [0.4, 0.5) is 4.79 Å². The first-order valence-electron chi connectivity index (χ1n) is 9.46. The normalized spacial score (nSPS) is 19.8. The summed E-state index contributed by atoms with van der Waals surface area (Å²) in [6.45, 7) is 6.13. The van der Waals surface area contributed by atoms with Crippen molar-refractivity contribution in [3.05, 3.63) is 54.6 Å². The number of piperidine rings is 1. The molecule has 1 heterocycles. The second-order valence-electron chi connectivity index (χ2n) is 7.83. The van der Waals surface area contributed by atoms with Crippen LogP contribution in [0.3, 0.4) is 0 Å². The SMILES string of the molecule is CC(C)(C)OC(=O)N1CC[C@@H](Oc2ccc(Oc3ccccc3)cc2)[C@H](O)C1. The lowest BCUT2D eigenvalue weighted by Crippen LogP contribution is -2.52. The maximum atomic E-state index is 12.1. The Morgan fingerprint density at radius 1 is 1.00 bits per heavy atom. The number of carbonyl (C=O) groups is 1. The van der Waals surface area contributed by atoms with Crippen molar-refractivity contribution in [3.63, 3.8) is 0 Å². The van der Waals surface area contributed by atoms with E-state index in [9.17, 15) is 9.90 Å². The average molecular weight is 385 g/mol. The molecule has 0 aromatic heterocycles. The van der Waals surface area contributed by atoms with E-state index in [0.29, 0.717) is 24.5 Å². The predicted octanol–water partition coefficient (Wildman–Crippen LogP) is 4.23. The highest BCUT2D eigenvalue weighted by atomic mass is 16.6. The molecule has 2 aromatic carbocycles. The van der Waals surface area contributed by atoms with Crippen molar-refractivity contribution in [3.8, 4) is 17.2 Å². The lowest BCUT2D eigenvalue weighted by atomic mass is 10.1. The molecule has 6 nitrogen and oxygen atoms in total. The van der Waals surface area contributed by atoms with Crippen molar-refractivity contribution in [2.75, 3.05) is 13.1 Å². The van der Waals surface area contributed by atoms with Gasteiger partial charge in [0.25, 0.3) is 0 Å². The molecule has 28 heavy (non-hydrogen) atoms. The van der Waals surface area contributed by atoms with Crippen molar-refractivity contribution < 1.29 is 24.1 Å². The summed E-state index contributed by atoms with van der Waals surface area (Å²) in [4.78, 5) is 13.7. The maximum absolute atomic E-state index is 12.1. The fourth-order valence-corrected chi connectivity index (χ4v) is 2.93. The van der Waals surface area contributed by atoms with Gasteiger partial charge in [-0.15, -0.1) is 0 Å². The van der Waals surface area contributed by atoms with Gasteiger partial charge in [-0.2, -0.15) is 0 Å². The number of rotatable bonds is 4. The van der Waals surface area contributed by atoms with Crippen LogP contribution in [0.15, 0.2) is 54.6 Å². The molecule has 1 N–H and O–H groups in total. The Balaban J connectivity index is 1.52. The molecule has 1 aliphatic rings. The Kier molecular flexibility index (Phi) is 6.09. The molecular formula is C22H27NO5. The van der Waals surface area contributed by atoms with Gasteiger partial charge in [-0.1, -0.05) is 18.2 Å². The smallest absolute Gasteiger partial charge is 0.410 e. The van der Waals surface area contributed by atoms with E-state index in [1.165, 1.54) is 4.90 Å². The third-order valence-electron chi connectivity index (χ3n) is 4.26. The zero-order valence-corrected chi connectivity index (χ0v) is 16.5. The van der Waals surface area contributed by atoms with Crippen LogP contribution < -0.4 is 9.47 Å². The number of ether oxygens (including phenoxy) is 3. The van der Waals surface area contributed by atoms with Gasteiger partial charge in [-0.05, 0) is 57.2 Å². The molecule has 0 saturated carbocycles. The van der Waals surface area contributed by atoms with Crippen LogP contribution in [0.25, 0.3) is 0 Å². The summed E-state index contributed by atoms with van der Waals surface area (Å²) in [5.74, 6) is 2.12. The third-order valence-corrected chi connectivity index (χ3v) is 4.26. The number of amides is 1. The summed E-state index contributed by atoms with van der Waals surface area (Å²) in [5.41, 5.74) is -0.557. The van der Waals surface area contributed by atoms with Crippen LogP contribution in [0.1, 0.15) is 27.2 Å². The van der Waals surface area contributed by atoms with Crippen molar-refractivity contribution >= 4 is 6.09 Å². The number of para-hydroxylation sites is 1. The van der Waals surface area contributed by atoms with Gasteiger partial charge in [-0.3, -0.25) is 0 Å². The van der Waals surface area contributed by atoms with Gasteiger partial charge >= 0.3 is 6.09 Å². The largest absolute Gasteiger partial charge is 0.488 e. The fourth-order valence-electron chi connectivity index (χ4n) is 2.93. The molecule has 1 saturated heterocycles. The minimum absolute atomic E-state index is 0.189. The standard InChI is InChI=1S/C22H27NO5/c1-22(2,3)28-21(25)23-14-13-20(19(24)15-23)27-18-11-9-17(10-12-18)26-16-7-5-4-6-8-16/h4-12,19-20,24H,13-15H2,1-3H3/t19-,20-/m1/s1. The number of aliphatic hydroxyl groups is 1. The van der Waals surface area contributed by atoms with Gasteiger partial charge in [0, 0.05) is 13.0 Å². The van der Waals surface area contributed by atoms with E-state index >= 15 is 0 Å². The Bertz CT molecular complexity index is 770. The van der Waals surface area contributed by atoms with Crippen LogP contribution in [-0.4, -0.2) is 47.0 Å². The molecule has 6 heteroatoms. The Morgan fingerprint density at radius 3 is 2.21 bits per heavy atom. The monoisotopic (exact) mass is 385 g/mol. The van der Waals surface area contributed by atoms with Crippen LogP contribution >= 0.6 is 0 Å². The molecule has 3 rings (SSSR count). The second-order valence-corrected chi connectivity index (χ2v) is 7.83. The first-order valence-corrected chi connectivity index (χ1v) is 9.46. The summed E-state index contributed by atoms with van der Waals surface area (Å²) < 4.78 is 17.0. The van der Waals surface area contributed by atoms with Gasteiger partial charge in [0.15, 0.2) is 0 Å². The first kappa shape index (κ1) is 20.0. The zero-order valence-electron chi connectivity index (χ0n) is 16.5. The van der Waals surface area contributed by atoms with Gasteiger partial charge < -0.3 is 24.2 Å². The molecular weight excluding hydrogens is 358 g/mol. The molecule has 1 aliphatic heterocycles. The molecule has 2 aromatic rings. The van der Waals surface area contributed by atoms with E-state index in [2.05, 4.69) is 0 Å². The minimum Gasteiger partial charge on any atom is -0.488 e. The Hall–Kier alpha value is -2.73. The summed E-state index contributed by atoms with van der Waals surface area (Å²) in [6.07, 6.45) is -1.03. The average Bonchev–Trinajstić information content (AvgIpc) is 2.64. The second kappa shape index (κ2) is 8.52. The lowest BCUT2D eigenvalue weighted by Gasteiger charge is -2.36. The Labute approximate surface area is 165 Å². The summed E-state index contributed by atoms with van der Waals surface area (Å²) in [6, 6.07) is 16.8. The van der Waals surface area contributed by atoms with Gasteiger partial charge in [0.2, 0.25) is 0 Å². The molecule has 0 bridgehead atoms. The number of aliphatic hydroxyl groups excluding tert-OH is 1. The number of β-amino-alcohol motifs (C(OH)–C–C–N with tert-alkyl or cyclic N) is 1. The highest BCUT2D eigenvalue weighted by Crippen LogP contribution is 2.26. The molecule has 0 aliphatic carbocycles. The maximum Gasteiger partial charge on any atom is 0.410 e. The van der Waals surface area contributed by atoms with Crippen LogP contribution in [0.5, 0.6) is 17.2 Å². The molecule has 150 valence electrons. The number of benzene rings is 2. The third kappa shape index (κ3) is 5.63. The van der Waals surface area contributed by atoms with Crippen LogP contribution in [0, 0.1) is 0 Å². The number of hydrogen-bond acceptors (Lipinski definition) is 5. The molecule has 0 spiro atoms. The van der Waals surface area contributed by atoms with E-state index in [4.69, 9.17) is 14.2 Å². The van der Waals surface area contributed by atoms with Crippen molar-refractivity contribution in [2.24, 2.45) is 0 Å². The minimum atomic E-state index is -0.776. The van der Waals surface area contributed by atoms with E-state index in [0.717, 1.165) is 5.75 Å². The number of carbonyl (C=O) groups excluding carboxylic acids is 1. The highest BCUT2D eigenvalue weighted by Gasteiger charge is 2.33. The topological polar surface area (TPSA) is 68.2 Å². The molecule has 1 amide bonds. The van der Waals surface area contributed by atoms with Crippen molar-refractivity contribution in [2.45, 2.75) is 45.0 Å². The van der Waals surface area contributed by atoms with Gasteiger partial charge in [-0.25, -0.2) is 4.79 Å². The van der Waals surface area contributed by atoms with Gasteiger partial charge in [0.05, 0.1) is 6.54 Å². The lowest BCUT2D eigenvalue weighted by molar-refractivity contribution is -0.0374. The number of hydrogen-bond donors (Lipinski definition) is 1. The highest BCUT2D eigenvalue weighted by molar-refractivity contribution is 5.68. The van der Waals surface area contributed by atoms with Crippen LogP contribution in [0.2, 0.25) is 0 Å². The molecule has 2 atom stereocenters. The summed E-state index contributed by atoms with van der Waals surface area (Å²) >= 11 is 0. The van der Waals surface area contributed by atoms with Crippen LogP contribution in [-0.2, 0) is 4.74 Å². The molecule has 1 fully saturated rings. The molecule has 0 unspecified atom stereocenters. The van der Waals surface area contributed by atoms with Crippen molar-refractivity contribution in [1.29, 1.82) is 0 Å². The Morgan fingerprint density at radius 2 is 1.61 bits per heavy atom. The van der Waals surface area contributed by atoms with E-state index < -0.39 is 17.8 Å². The fraction of sp³-hybridized carbons (Fsp3) is 0.409. The summed E-state index contributed by atoms with van der Waals surface area (Å²) in [7, 11) is 0. The summed E-state index contributed by atoms with van der Waals surface area (Å²) in [5, 5.41) is 10.4. The van der Waals surface area contributed by atoms with E-state index in [-0.39, 0.29) is 12.6 Å². The van der Waals surface area contributed by atoms with Crippen molar-refractivity contribution in [1.82, 2.24) is 4.90 Å². The predicted molar refractivity (Wildman–Crippen MR) is 106 cm³/mol. The zero-order chi connectivity index (χ0) is 20.1. The number of likely N-dealkylation sites (tertiary alicyclic amines) is 1. The number of nitrogens with zero attached hydrogens (tertiary/aromatic N) is 1. The van der Waals surface area contributed by atoms with Gasteiger partial charge in [0.1, 0.15) is 35.1 Å². The first-order chi connectivity index (χ1) is 13.3. The van der Waals surface area contributed by atoms with E-state index in [1.807, 2.05) is 75.4 Å².